The lowest BCUT2D eigenvalue weighted by atomic mass is 10.0. The zero-order valence-corrected chi connectivity index (χ0v) is 14.2. The summed E-state index contributed by atoms with van der Waals surface area (Å²) in [4.78, 5) is 26.6. The van der Waals surface area contributed by atoms with Gasteiger partial charge in [0.2, 0.25) is 11.8 Å². The Kier molecular flexibility index (Phi) is 5.77. The number of hydrogen-bond donors (Lipinski definition) is 2. The van der Waals surface area contributed by atoms with Crippen LogP contribution < -0.4 is 16.0 Å². The Bertz CT molecular complexity index is 554. The van der Waals surface area contributed by atoms with Gasteiger partial charge in [0.05, 0.1) is 6.04 Å². The van der Waals surface area contributed by atoms with E-state index in [0.717, 1.165) is 17.7 Å². The predicted octanol–water partition coefficient (Wildman–Crippen LogP) is 1.98. The van der Waals surface area contributed by atoms with Crippen LogP contribution in [0.2, 0.25) is 0 Å². The maximum absolute atomic E-state index is 12.7. The molecule has 5 nitrogen and oxygen atoms in total. The number of anilines is 1. The normalized spacial score (nSPS) is 19.8. The lowest BCUT2D eigenvalue weighted by Crippen LogP contribution is -2.55. The molecule has 0 radical (unpaired) electrons. The number of nitrogens with one attached hydrogen (secondary N) is 1. The van der Waals surface area contributed by atoms with Crippen molar-refractivity contribution in [3.8, 4) is 0 Å². The summed E-state index contributed by atoms with van der Waals surface area (Å²) in [5, 5.41) is 2.83. The number of carbonyl (C=O) groups is 2. The van der Waals surface area contributed by atoms with E-state index in [1.807, 2.05) is 45.0 Å². The Morgan fingerprint density at radius 2 is 2.00 bits per heavy atom. The van der Waals surface area contributed by atoms with Gasteiger partial charge in [-0.05, 0) is 44.2 Å². The van der Waals surface area contributed by atoms with E-state index in [1.165, 1.54) is 0 Å². The summed E-state index contributed by atoms with van der Waals surface area (Å²) < 4.78 is 0. The molecule has 2 rings (SSSR count). The van der Waals surface area contributed by atoms with E-state index < -0.39 is 12.1 Å². The Morgan fingerprint density at radius 3 is 2.61 bits per heavy atom. The Hall–Kier alpha value is -1.88. The number of aryl methyl sites for hydroxylation is 1. The lowest BCUT2D eigenvalue weighted by molar-refractivity contribution is -0.129. The minimum absolute atomic E-state index is 0.0507. The van der Waals surface area contributed by atoms with Crippen LogP contribution in [0.25, 0.3) is 0 Å². The zero-order valence-electron chi connectivity index (χ0n) is 14.2. The van der Waals surface area contributed by atoms with Crippen molar-refractivity contribution in [3.63, 3.8) is 0 Å². The summed E-state index contributed by atoms with van der Waals surface area (Å²) in [5.41, 5.74) is 7.94. The maximum atomic E-state index is 12.7. The van der Waals surface area contributed by atoms with E-state index in [9.17, 15) is 9.59 Å². The van der Waals surface area contributed by atoms with Crippen LogP contribution >= 0.6 is 0 Å². The van der Waals surface area contributed by atoms with Gasteiger partial charge >= 0.3 is 0 Å². The smallest absolute Gasteiger partial charge is 0.249 e. The average Bonchev–Trinajstić information content (AvgIpc) is 2.49. The second-order valence-corrected chi connectivity index (χ2v) is 6.76. The van der Waals surface area contributed by atoms with Crippen LogP contribution in [0.1, 0.15) is 38.7 Å². The van der Waals surface area contributed by atoms with Crippen molar-refractivity contribution in [2.75, 3.05) is 11.4 Å². The number of carbonyl (C=O) groups excluding carboxylic acids is 2. The third kappa shape index (κ3) is 4.55. The van der Waals surface area contributed by atoms with Gasteiger partial charge in [0.1, 0.15) is 6.04 Å². The van der Waals surface area contributed by atoms with Gasteiger partial charge in [0, 0.05) is 12.2 Å². The van der Waals surface area contributed by atoms with Gasteiger partial charge in [-0.1, -0.05) is 31.5 Å². The van der Waals surface area contributed by atoms with Gasteiger partial charge in [-0.2, -0.15) is 0 Å². The monoisotopic (exact) mass is 317 g/mol. The molecule has 1 heterocycles. The molecule has 2 amide bonds. The number of piperidine rings is 1. The fraction of sp³-hybridized carbons (Fsp3) is 0.556. The van der Waals surface area contributed by atoms with E-state index in [-0.39, 0.29) is 11.8 Å². The molecule has 0 spiro atoms. The molecule has 0 aliphatic carbocycles. The zero-order chi connectivity index (χ0) is 17.0. The molecular formula is C18H27N3O2. The Balaban J connectivity index is 2.02. The highest BCUT2D eigenvalue weighted by molar-refractivity contribution is 6.00. The van der Waals surface area contributed by atoms with Gasteiger partial charge in [-0.15, -0.1) is 0 Å². The van der Waals surface area contributed by atoms with Crippen molar-refractivity contribution >= 4 is 17.5 Å². The van der Waals surface area contributed by atoms with E-state index in [0.29, 0.717) is 25.3 Å². The fourth-order valence-corrected chi connectivity index (χ4v) is 2.88. The third-order valence-corrected chi connectivity index (χ3v) is 4.16. The second-order valence-electron chi connectivity index (χ2n) is 6.76. The van der Waals surface area contributed by atoms with Crippen LogP contribution in [-0.4, -0.2) is 30.4 Å². The number of rotatable bonds is 5. The van der Waals surface area contributed by atoms with Gasteiger partial charge in [0.25, 0.3) is 0 Å². The molecule has 23 heavy (non-hydrogen) atoms. The van der Waals surface area contributed by atoms with Gasteiger partial charge in [-0.25, -0.2) is 0 Å². The molecule has 1 aromatic rings. The number of benzene rings is 1. The minimum Gasteiger partial charge on any atom is -0.343 e. The van der Waals surface area contributed by atoms with Crippen LogP contribution in [0, 0.1) is 12.8 Å². The van der Waals surface area contributed by atoms with Crippen molar-refractivity contribution in [2.24, 2.45) is 11.7 Å². The number of nitrogens with zero attached hydrogens (tertiary/aromatic N) is 1. The number of nitrogens with two attached hydrogens (primary N) is 1. The summed E-state index contributed by atoms with van der Waals surface area (Å²) in [7, 11) is 0. The van der Waals surface area contributed by atoms with Crippen molar-refractivity contribution in [1.82, 2.24) is 5.32 Å². The lowest BCUT2D eigenvalue weighted by Gasteiger charge is -2.33. The molecule has 1 aliphatic rings. The molecule has 0 bridgehead atoms. The molecule has 1 aliphatic heterocycles. The summed E-state index contributed by atoms with van der Waals surface area (Å²) in [6, 6.07) is 6.84. The molecule has 126 valence electrons. The third-order valence-electron chi connectivity index (χ3n) is 4.16. The molecule has 3 N–H and O–H groups in total. The highest BCUT2D eigenvalue weighted by atomic mass is 16.2. The Morgan fingerprint density at radius 1 is 1.35 bits per heavy atom. The highest BCUT2D eigenvalue weighted by Gasteiger charge is 2.31. The van der Waals surface area contributed by atoms with Crippen LogP contribution in [0.5, 0.6) is 0 Å². The molecule has 1 saturated heterocycles. The first-order valence-corrected chi connectivity index (χ1v) is 8.32. The molecule has 5 heteroatoms. The summed E-state index contributed by atoms with van der Waals surface area (Å²) in [6.07, 6.45) is 2.15. The van der Waals surface area contributed by atoms with E-state index in [2.05, 4.69) is 5.32 Å². The van der Waals surface area contributed by atoms with Gasteiger partial charge < -0.3 is 16.0 Å². The SMILES string of the molecule is Cc1ccc(N2CCCC(NC(=O)[C@@H](N)CC(C)C)C2=O)cc1. The van der Waals surface area contributed by atoms with Crippen LogP contribution in [-0.2, 0) is 9.59 Å². The topological polar surface area (TPSA) is 75.4 Å². The standard InChI is InChI=1S/C18H27N3O2/c1-12(2)11-15(19)17(22)20-16-5-4-10-21(18(16)23)14-8-6-13(3)7-9-14/h6-9,12,15-16H,4-5,10-11,19H2,1-3H3,(H,20,22)/t15-,16?/m0/s1. The van der Waals surface area contributed by atoms with E-state index in [4.69, 9.17) is 5.73 Å². The first-order chi connectivity index (χ1) is 10.9. The maximum Gasteiger partial charge on any atom is 0.249 e. The highest BCUT2D eigenvalue weighted by Crippen LogP contribution is 2.21. The summed E-state index contributed by atoms with van der Waals surface area (Å²) >= 11 is 0. The van der Waals surface area contributed by atoms with Crippen LogP contribution in [0.3, 0.4) is 0 Å². The fourth-order valence-electron chi connectivity index (χ4n) is 2.88. The van der Waals surface area contributed by atoms with Crippen molar-refractivity contribution in [1.29, 1.82) is 0 Å². The van der Waals surface area contributed by atoms with Crippen LogP contribution in [0.4, 0.5) is 5.69 Å². The second kappa shape index (κ2) is 7.59. The van der Waals surface area contributed by atoms with Gasteiger partial charge in [-0.3, -0.25) is 9.59 Å². The van der Waals surface area contributed by atoms with E-state index in [1.54, 1.807) is 4.90 Å². The van der Waals surface area contributed by atoms with Crippen molar-refractivity contribution < 1.29 is 9.59 Å². The van der Waals surface area contributed by atoms with Crippen molar-refractivity contribution in [3.05, 3.63) is 29.8 Å². The van der Waals surface area contributed by atoms with E-state index >= 15 is 0 Å². The molecule has 0 saturated carbocycles. The molecule has 2 atom stereocenters. The first-order valence-electron chi connectivity index (χ1n) is 8.32. The summed E-state index contributed by atoms with van der Waals surface area (Å²) in [6.45, 7) is 6.75. The van der Waals surface area contributed by atoms with Crippen LogP contribution in [0.15, 0.2) is 24.3 Å². The number of amides is 2. The molecule has 1 fully saturated rings. The minimum atomic E-state index is -0.558. The number of hydrogen-bond acceptors (Lipinski definition) is 3. The molecular weight excluding hydrogens is 290 g/mol. The quantitative estimate of drug-likeness (QED) is 0.872. The summed E-state index contributed by atoms with van der Waals surface area (Å²) in [5.74, 6) is 0.0647. The predicted molar refractivity (Wildman–Crippen MR) is 92.1 cm³/mol. The Labute approximate surface area is 138 Å². The van der Waals surface area contributed by atoms with Crippen molar-refractivity contribution in [2.45, 2.75) is 52.1 Å². The molecule has 0 aromatic heterocycles. The first kappa shape index (κ1) is 17.5. The molecule has 1 aromatic carbocycles. The molecule has 1 unspecified atom stereocenters. The van der Waals surface area contributed by atoms with Gasteiger partial charge in [0.15, 0.2) is 0 Å². The average molecular weight is 317 g/mol. The largest absolute Gasteiger partial charge is 0.343 e.